The lowest BCUT2D eigenvalue weighted by Crippen LogP contribution is -2.47. The van der Waals surface area contributed by atoms with Crippen molar-refractivity contribution in [3.63, 3.8) is 0 Å². The van der Waals surface area contributed by atoms with E-state index in [4.69, 9.17) is 0 Å². The van der Waals surface area contributed by atoms with E-state index in [1.54, 1.807) is 19.1 Å². The van der Waals surface area contributed by atoms with Gasteiger partial charge in [0.15, 0.2) is 0 Å². The maximum Gasteiger partial charge on any atom is 0.251 e. The standard InChI is InChI=1S/C13H18N2O2/c1-9-3-4-10(7-11(9)16)12(17)15-13(2)5-6-14-8-13/h3-4,7,14,16H,5-6,8H2,1-2H3,(H,15,17). The smallest absolute Gasteiger partial charge is 0.251 e. The molecule has 2 rings (SSSR count). The first-order valence-electron chi connectivity index (χ1n) is 5.83. The molecule has 1 unspecified atom stereocenters. The average molecular weight is 234 g/mol. The quantitative estimate of drug-likeness (QED) is 0.720. The van der Waals surface area contributed by atoms with Crippen LogP contribution in [0, 0.1) is 6.92 Å². The van der Waals surface area contributed by atoms with Crippen LogP contribution in [0.1, 0.15) is 29.3 Å². The predicted molar refractivity (Wildman–Crippen MR) is 66.2 cm³/mol. The Morgan fingerprint density at radius 2 is 2.29 bits per heavy atom. The van der Waals surface area contributed by atoms with Crippen LogP contribution < -0.4 is 10.6 Å². The first-order valence-corrected chi connectivity index (χ1v) is 5.83. The normalized spacial score (nSPS) is 23.6. The van der Waals surface area contributed by atoms with Gasteiger partial charge in [0.05, 0.1) is 5.54 Å². The highest BCUT2D eigenvalue weighted by molar-refractivity contribution is 5.95. The SMILES string of the molecule is Cc1ccc(C(=O)NC2(C)CCNC2)cc1O. The number of aromatic hydroxyl groups is 1. The summed E-state index contributed by atoms with van der Waals surface area (Å²) in [6.45, 7) is 5.55. The fraction of sp³-hybridized carbons (Fsp3) is 0.462. The van der Waals surface area contributed by atoms with Gasteiger partial charge in [-0.3, -0.25) is 4.79 Å². The summed E-state index contributed by atoms with van der Waals surface area (Å²) in [7, 11) is 0. The topological polar surface area (TPSA) is 61.4 Å². The summed E-state index contributed by atoms with van der Waals surface area (Å²) in [6, 6.07) is 4.99. The molecular formula is C13H18N2O2. The number of carbonyl (C=O) groups is 1. The number of aryl methyl sites for hydroxylation is 1. The molecule has 1 aromatic rings. The zero-order chi connectivity index (χ0) is 12.5. The van der Waals surface area contributed by atoms with E-state index >= 15 is 0 Å². The molecular weight excluding hydrogens is 216 g/mol. The molecule has 0 radical (unpaired) electrons. The molecule has 0 spiro atoms. The van der Waals surface area contributed by atoms with Crippen molar-refractivity contribution < 1.29 is 9.90 Å². The largest absolute Gasteiger partial charge is 0.508 e. The van der Waals surface area contributed by atoms with Crippen molar-refractivity contribution in [2.24, 2.45) is 0 Å². The third kappa shape index (κ3) is 2.58. The second-order valence-electron chi connectivity index (χ2n) is 4.94. The number of hydrogen-bond acceptors (Lipinski definition) is 3. The fourth-order valence-electron chi connectivity index (χ4n) is 2.02. The molecule has 1 aromatic carbocycles. The van der Waals surface area contributed by atoms with Crippen molar-refractivity contribution >= 4 is 5.91 Å². The Balaban J connectivity index is 2.11. The van der Waals surface area contributed by atoms with Crippen molar-refractivity contribution in [3.05, 3.63) is 29.3 Å². The van der Waals surface area contributed by atoms with E-state index in [0.29, 0.717) is 5.56 Å². The van der Waals surface area contributed by atoms with Crippen molar-refractivity contribution in [2.75, 3.05) is 13.1 Å². The van der Waals surface area contributed by atoms with E-state index in [2.05, 4.69) is 10.6 Å². The lowest BCUT2D eigenvalue weighted by atomic mass is 10.0. The number of nitrogens with one attached hydrogen (secondary N) is 2. The average Bonchev–Trinajstić information content (AvgIpc) is 2.69. The number of amides is 1. The van der Waals surface area contributed by atoms with Crippen molar-refractivity contribution in [1.82, 2.24) is 10.6 Å². The Labute approximate surface area is 101 Å². The first kappa shape index (κ1) is 11.9. The fourth-order valence-corrected chi connectivity index (χ4v) is 2.02. The molecule has 4 heteroatoms. The number of phenolic OH excluding ortho intramolecular Hbond substituents is 1. The summed E-state index contributed by atoms with van der Waals surface area (Å²) in [6.07, 6.45) is 0.927. The Bertz CT molecular complexity index is 437. The van der Waals surface area contributed by atoms with E-state index in [9.17, 15) is 9.90 Å². The summed E-state index contributed by atoms with van der Waals surface area (Å²) in [5, 5.41) is 15.8. The zero-order valence-electron chi connectivity index (χ0n) is 10.2. The van der Waals surface area contributed by atoms with Gasteiger partial charge >= 0.3 is 0 Å². The van der Waals surface area contributed by atoms with Gasteiger partial charge in [0.1, 0.15) is 5.75 Å². The molecule has 1 aliphatic rings. The van der Waals surface area contributed by atoms with Gasteiger partial charge in [-0.1, -0.05) is 6.07 Å². The Hall–Kier alpha value is -1.55. The predicted octanol–water partition coefficient (Wildman–Crippen LogP) is 1.18. The van der Waals surface area contributed by atoms with E-state index in [1.807, 2.05) is 6.92 Å². The van der Waals surface area contributed by atoms with Gasteiger partial charge in [-0.25, -0.2) is 0 Å². The molecule has 17 heavy (non-hydrogen) atoms. The molecule has 0 saturated carbocycles. The molecule has 1 heterocycles. The lowest BCUT2D eigenvalue weighted by molar-refractivity contribution is 0.0912. The highest BCUT2D eigenvalue weighted by Gasteiger charge is 2.30. The molecule has 0 bridgehead atoms. The molecule has 3 N–H and O–H groups in total. The zero-order valence-corrected chi connectivity index (χ0v) is 10.2. The van der Waals surface area contributed by atoms with Gasteiger partial charge in [0, 0.05) is 12.1 Å². The van der Waals surface area contributed by atoms with Crippen LogP contribution in [0.5, 0.6) is 5.75 Å². The molecule has 1 saturated heterocycles. The summed E-state index contributed by atoms with van der Waals surface area (Å²) in [4.78, 5) is 12.0. The molecule has 1 aliphatic heterocycles. The summed E-state index contributed by atoms with van der Waals surface area (Å²) in [5.41, 5.74) is 1.09. The van der Waals surface area contributed by atoms with Gasteiger partial charge in [-0.15, -0.1) is 0 Å². The van der Waals surface area contributed by atoms with Gasteiger partial charge in [-0.2, -0.15) is 0 Å². The molecule has 4 nitrogen and oxygen atoms in total. The Morgan fingerprint density at radius 1 is 1.53 bits per heavy atom. The van der Waals surface area contributed by atoms with Crippen LogP contribution in [0.4, 0.5) is 0 Å². The van der Waals surface area contributed by atoms with Gasteiger partial charge in [-0.05, 0) is 44.5 Å². The number of benzene rings is 1. The minimum absolute atomic E-state index is 0.133. The third-order valence-corrected chi connectivity index (χ3v) is 3.26. The molecule has 92 valence electrons. The highest BCUT2D eigenvalue weighted by Crippen LogP contribution is 2.19. The van der Waals surface area contributed by atoms with Crippen LogP contribution in [0.15, 0.2) is 18.2 Å². The lowest BCUT2D eigenvalue weighted by Gasteiger charge is -2.24. The van der Waals surface area contributed by atoms with Crippen LogP contribution in [0.2, 0.25) is 0 Å². The second kappa shape index (κ2) is 4.37. The molecule has 1 fully saturated rings. The number of rotatable bonds is 2. The van der Waals surface area contributed by atoms with Crippen LogP contribution >= 0.6 is 0 Å². The minimum atomic E-state index is -0.183. The minimum Gasteiger partial charge on any atom is -0.508 e. The van der Waals surface area contributed by atoms with Crippen LogP contribution in [0.25, 0.3) is 0 Å². The summed E-state index contributed by atoms with van der Waals surface area (Å²) in [5.74, 6) is 0.0267. The Kier molecular flexibility index (Phi) is 3.07. The van der Waals surface area contributed by atoms with Crippen LogP contribution in [-0.2, 0) is 0 Å². The van der Waals surface area contributed by atoms with Gasteiger partial charge in [0.2, 0.25) is 0 Å². The van der Waals surface area contributed by atoms with Crippen LogP contribution in [0.3, 0.4) is 0 Å². The van der Waals surface area contributed by atoms with Gasteiger partial charge in [0.25, 0.3) is 5.91 Å². The Morgan fingerprint density at radius 3 is 2.88 bits per heavy atom. The third-order valence-electron chi connectivity index (χ3n) is 3.26. The number of hydrogen-bond donors (Lipinski definition) is 3. The second-order valence-corrected chi connectivity index (χ2v) is 4.94. The van der Waals surface area contributed by atoms with Crippen molar-refractivity contribution in [2.45, 2.75) is 25.8 Å². The van der Waals surface area contributed by atoms with Crippen LogP contribution in [-0.4, -0.2) is 29.6 Å². The molecule has 0 aliphatic carbocycles. The highest BCUT2D eigenvalue weighted by atomic mass is 16.3. The molecule has 1 atom stereocenters. The maximum absolute atomic E-state index is 12.0. The number of phenols is 1. The van der Waals surface area contributed by atoms with E-state index in [0.717, 1.165) is 25.1 Å². The molecule has 0 aromatic heterocycles. The van der Waals surface area contributed by atoms with Crippen molar-refractivity contribution in [3.8, 4) is 5.75 Å². The molecule has 1 amide bonds. The van der Waals surface area contributed by atoms with E-state index in [-0.39, 0.29) is 17.2 Å². The summed E-state index contributed by atoms with van der Waals surface area (Å²) >= 11 is 0. The first-order chi connectivity index (χ1) is 8.00. The van der Waals surface area contributed by atoms with E-state index in [1.165, 1.54) is 6.07 Å². The maximum atomic E-state index is 12.0. The number of carbonyl (C=O) groups excluding carboxylic acids is 1. The summed E-state index contributed by atoms with van der Waals surface area (Å²) < 4.78 is 0. The van der Waals surface area contributed by atoms with Gasteiger partial charge < -0.3 is 15.7 Å². The monoisotopic (exact) mass is 234 g/mol. The van der Waals surface area contributed by atoms with E-state index < -0.39 is 0 Å². The van der Waals surface area contributed by atoms with Crippen molar-refractivity contribution in [1.29, 1.82) is 0 Å².